The zero-order valence-corrected chi connectivity index (χ0v) is 10.9. The Morgan fingerprint density at radius 3 is 2.67 bits per heavy atom. The molecule has 1 rings (SSSR count). The fourth-order valence-corrected chi connectivity index (χ4v) is 10.6. The summed E-state index contributed by atoms with van der Waals surface area (Å²) in [4.78, 5) is 0. The molecule has 1 saturated heterocycles. The van der Waals surface area contributed by atoms with Gasteiger partial charge in [-0.15, -0.1) is 0 Å². The van der Waals surface area contributed by atoms with Gasteiger partial charge in [-0.2, -0.15) is 0 Å². The van der Waals surface area contributed by atoms with Gasteiger partial charge in [0.05, 0.1) is 0 Å². The topological polar surface area (TPSA) is 12.5 Å². The molecule has 2 nitrogen and oxygen atoms in total. The van der Waals surface area contributed by atoms with E-state index in [9.17, 15) is 0 Å². The van der Waals surface area contributed by atoms with Crippen LogP contribution < -0.4 is 0 Å². The first-order valence-corrected chi connectivity index (χ1v) is 10.4. The third kappa shape index (κ3) is 1.99. The highest BCUT2D eigenvalue weighted by Gasteiger charge is 2.41. The normalized spacial score (nSPS) is 31.8. The molecule has 4 heteroatoms. The Bertz CT molecular complexity index is 154. The molecule has 0 saturated carbocycles. The lowest BCUT2D eigenvalue weighted by Crippen LogP contribution is -2.54. The van der Waals surface area contributed by atoms with Gasteiger partial charge in [-0.3, -0.25) is 0 Å². The van der Waals surface area contributed by atoms with Crippen LogP contribution in [-0.4, -0.2) is 34.8 Å². The molecule has 0 radical (unpaired) electrons. The van der Waals surface area contributed by atoms with Gasteiger partial charge in [0.1, 0.15) is 8.96 Å². The monoisotopic (exact) mass is 203 g/mol. The first-order valence-electron chi connectivity index (χ1n) is 5.01. The van der Waals surface area contributed by atoms with Gasteiger partial charge in [0.25, 0.3) is 8.48 Å². The molecule has 1 fully saturated rings. The summed E-state index contributed by atoms with van der Waals surface area (Å²) in [6.45, 7) is 11.5. The molecule has 0 aromatic heterocycles. The summed E-state index contributed by atoms with van der Waals surface area (Å²) in [5, 5.41) is 0. The lowest BCUT2D eigenvalue weighted by Gasteiger charge is -2.35. The third-order valence-electron chi connectivity index (χ3n) is 2.73. The summed E-state index contributed by atoms with van der Waals surface area (Å²) in [6.07, 6.45) is 1.37. The second kappa shape index (κ2) is 4.04. The fourth-order valence-electron chi connectivity index (χ4n) is 2.23. The van der Waals surface area contributed by atoms with Gasteiger partial charge in [0, 0.05) is 6.61 Å². The van der Waals surface area contributed by atoms with E-state index < -0.39 is 17.4 Å². The highest BCUT2D eigenvalue weighted by atomic mass is 28.4. The number of nitrogens with zero attached hydrogens (tertiary/aromatic N) is 1. The summed E-state index contributed by atoms with van der Waals surface area (Å²) < 4.78 is 8.70. The van der Waals surface area contributed by atoms with Gasteiger partial charge in [-0.05, 0) is 32.5 Å². The minimum Gasteiger partial charge on any atom is -0.404 e. The molecular weight excluding hydrogens is 182 g/mol. The highest BCUT2D eigenvalue weighted by Crippen LogP contribution is 2.27. The van der Waals surface area contributed by atoms with Crippen LogP contribution in [0.1, 0.15) is 13.3 Å². The van der Waals surface area contributed by atoms with E-state index >= 15 is 0 Å². The molecule has 0 spiro atoms. The van der Waals surface area contributed by atoms with Crippen LogP contribution in [0.4, 0.5) is 0 Å². The number of rotatable bonds is 3. The maximum absolute atomic E-state index is 5.96. The van der Waals surface area contributed by atoms with Gasteiger partial charge >= 0.3 is 0 Å². The van der Waals surface area contributed by atoms with Gasteiger partial charge < -0.3 is 8.66 Å². The van der Waals surface area contributed by atoms with Crippen molar-refractivity contribution in [3.05, 3.63) is 0 Å². The molecule has 1 unspecified atom stereocenters. The molecule has 0 aromatic carbocycles. The molecule has 0 bridgehead atoms. The van der Waals surface area contributed by atoms with E-state index in [1.807, 2.05) is 0 Å². The molecule has 0 N–H and O–H groups in total. The van der Waals surface area contributed by atoms with E-state index in [1.54, 1.807) is 0 Å². The van der Waals surface area contributed by atoms with E-state index in [2.05, 4.69) is 30.8 Å². The summed E-state index contributed by atoms with van der Waals surface area (Å²) in [5.74, 6) is 0. The minimum absolute atomic E-state index is 0.610. The predicted octanol–water partition coefficient (Wildman–Crippen LogP) is 1.78. The number of hydrogen-bond donors (Lipinski definition) is 0. The second-order valence-corrected chi connectivity index (χ2v) is 11.0. The largest absolute Gasteiger partial charge is 0.404 e. The molecule has 72 valence electrons. The Morgan fingerprint density at radius 1 is 1.50 bits per heavy atom. The minimum atomic E-state index is -1.38. The molecule has 1 aliphatic rings. The van der Waals surface area contributed by atoms with Crippen molar-refractivity contribution in [2.45, 2.75) is 39.0 Å². The second-order valence-electron chi connectivity index (χ2n) is 4.00. The van der Waals surface area contributed by atoms with Crippen LogP contribution in [0, 0.1) is 0 Å². The van der Waals surface area contributed by atoms with Gasteiger partial charge in [0.15, 0.2) is 0 Å². The summed E-state index contributed by atoms with van der Waals surface area (Å²) >= 11 is 0. The van der Waals surface area contributed by atoms with Gasteiger partial charge in [0.2, 0.25) is 0 Å². The van der Waals surface area contributed by atoms with Crippen molar-refractivity contribution < 1.29 is 4.43 Å². The third-order valence-corrected chi connectivity index (χ3v) is 11.0. The van der Waals surface area contributed by atoms with E-state index in [-0.39, 0.29) is 0 Å². The first-order chi connectivity index (χ1) is 5.60. The summed E-state index contributed by atoms with van der Waals surface area (Å²) in [7, 11) is -1.99. The van der Waals surface area contributed by atoms with Crippen LogP contribution in [0.5, 0.6) is 0 Å². The van der Waals surface area contributed by atoms with E-state index in [4.69, 9.17) is 4.43 Å². The summed E-state index contributed by atoms with van der Waals surface area (Å²) in [6, 6.07) is 1.35. The lowest BCUT2D eigenvalue weighted by atomic mass is 10.5. The van der Waals surface area contributed by atoms with Crippen LogP contribution in [0.2, 0.25) is 25.7 Å². The Balaban J connectivity index is 2.60. The molecule has 1 atom stereocenters. The molecule has 0 amide bonds. The first kappa shape index (κ1) is 10.4. The smallest absolute Gasteiger partial charge is 0.261 e. The van der Waals surface area contributed by atoms with Gasteiger partial charge in [-0.25, -0.2) is 0 Å². The van der Waals surface area contributed by atoms with Crippen molar-refractivity contribution in [1.82, 2.24) is 4.23 Å². The van der Waals surface area contributed by atoms with Crippen molar-refractivity contribution in [2.75, 3.05) is 13.2 Å². The number of hydrogen-bond acceptors (Lipinski definition) is 2. The van der Waals surface area contributed by atoms with Crippen LogP contribution in [0.3, 0.4) is 0 Å². The molecule has 12 heavy (non-hydrogen) atoms. The maximum atomic E-state index is 5.96. The standard InChI is InChI=1S/C8H21NOSi2/c1-5-10-12(4)8-6-7-9(12)11(2)3/h11H,5-8H2,1-4H3. The highest BCUT2D eigenvalue weighted by molar-refractivity contribution is 6.80. The van der Waals surface area contributed by atoms with Crippen LogP contribution in [0.15, 0.2) is 0 Å². The van der Waals surface area contributed by atoms with Crippen molar-refractivity contribution in [1.29, 1.82) is 0 Å². The summed E-state index contributed by atoms with van der Waals surface area (Å²) in [5.41, 5.74) is 0. The SMILES string of the molecule is CCO[Si]1(C)CCCN1[SiH](C)C. The van der Waals surface area contributed by atoms with Crippen molar-refractivity contribution in [3.8, 4) is 0 Å². The van der Waals surface area contributed by atoms with E-state index in [0.29, 0.717) is 0 Å². The van der Waals surface area contributed by atoms with Crippen LogP contribution in [0.25, 0.3) is 0 Å². The van der Waals surface area contributed by atoms with Crippen LogP contribution in [-0.2, 0) is 4.43 Å². The molecule has 0 aromatic rings. The average Bonchev–Trinajstić information content (AvgIpc) is 2.32. The maximum Gasteiger partial charge on any atom is 0.261 e. The Labute approximate surface area is 78.8 Å². The Hall–Kier alpha value is 0.354. The van der Waals surface area contributed by atoms with E-state index in [1.165, 1.54) is 19.0 Å². The molecule has 0 aliphatic carbocycles. The molecule has 1 heterocycles. The van der Waals surface area contributed by atoms with Crippen molar-refractivity contribution >= 4 is 17.4 Å². The zero-order valence-electron chi connectivity index (χ0n) is 8.76. The van der Waals surface area contributed by atoms with E-state index in [0.717, 1.165) is 6.61 Å². The quantitative estimate of drug-likeness (QED) is 0.649. The average molecular weight is 203 g/mol. The molecule has 1 aliphatic heterocycles. The predicted molar refractivity (Wildman–Crippen MR) is 58.3 cm³/mol. The Kier molecular flexibility index (Phi) is 3.51. The van der Waals surface area contributed by atoms with Crippen molar-refractivity contribution in [2.24, 2.45) is 0 Å². The lowest BCUT2D eigenvalue weighted by molar-refractivity contribution is 0.302. The van der Waals surface area contributed by atoms with Gasteiger partial charge in [-0.1, -0.05) is 13.1 Å². The van der Waals surface area contributed by atoms with Crippen molar-refractivity contribution in [3.63, 3.8) is 0 Å². The zero-order chi connectivity index (χ0) is 9.19. The Morgan fingerprint density at radius 2 is 2.17 bits per heavy atom. The molecular formula is C8H21NOSi2. The van der Waals surface area contributed by atoms with Crippen LogP contribution >= 0.6 is 0 Å². The fraction of sp³-hybridized carbons (Fsp3) is 1.00.